The van der Waals surface area contributed by atoms with Crippen LogP contribution in [-0.4, -0.2) is 50.3 Å². The first-order chi connectivity index (χ1) is 12.7. The Labute approximate surface area is 164 Å². The van der Waals surface area contributed by atoms with Crippen LogP contribution in [0.4, 0.5) is 4.79 Å². The Balaban J connectivity index is -0.000000391. The number of methoxy groups -OCH3 is 1. The van der Waals surface area contributed by atoms with Crippen molar-refractivity contribution in [3.63, 3.8) is 0 Å². The molecule has 0 unspecified atom stereocenters. The highest BCUT2D eigenvalue weighted by Gasteiger charge is 2.15. The molecule has 27 heavy (non-hydrogen) atoms. The number of hydrogen-bond donors (Lipinski definition) is 3. The summed E-state index contributed by atoms with van der Waals surface area (Å²) in [6.45, 7) is 12.9. The molecule has 0 radical (unpaired) electrons. The van der Waals surface area contributed by atoms with Gasteiger partial charge >= 0.3 is 12.1 Å². The number of rotatable bonds is 9. The zero-order valence-electron chi connectivity index (χ0n) is 18.3. The average molecular weight is 392 g/mol. The number of unbranched alkanes of at least 4 members (excludes halogenated alkanes) is 2. The molecule has 0 bridgehead atoms. The molecule has 0 aliphatic carbocycles. The van der Waals surface area contributed by atoms with Crippen LogP contribution >= 0.6 is 0 Å². The van der Waals surface area contributed by atoms with Crippen LogP contribution in [-0.2, 0) is 19.1 Å². The third-order valence-electron chi connectivity index (χ3n) is 2.71. The fourth-order valence-electron chi connectivity index (χ4n) is 1.44. The molecule has 2 amide bonds. The highest BCUT2D eigenvalue weighted by Crippen LogP contribution is 2.06. The highest BCUT2D eigenvalue weighted by molar-refractivity contribution is 5.81. The molecule has 0 atom stereocenters. The third-order valence-corrected chi connectivity index (χ3v) is 2.71. The standard InChI is InChI=1S/C9H19NO2.C8H16N2O3.C2H6/c1-5-6-7-10-8(11)12-9(2,3)4;1-13-8(12)6-10-7(11)4-2-3-5-9;1-2/h5-7H2,1-4H3,(H,10,11);2-6,9H2,1H3,(H,10,11);1-2H3. The fraction of sp³-hybridized carbons (Fsp3) is 0.842. The van der Waals surface area contributed by atoms with Gasteiger partial charge in [0.25, 0.3) is 0 Å². The Morgan fingerprint density at radius 1 is 1.00 bits per heavy atom. The lowest BCUT2D eigenvalue weighted by Crippen LogP contribution is -2.32. The van der Waals surface area contributed by atoms with Crippen molar-refractivity contribution >= 4 is 18.0 Å². The van der Waals surface area contributed by atoms with Gasteiger partial charge in [-0.05, 0) is 46.6 Å². The SMILES string of the molecule is CC.CCCCNC(=O)OC(C)(C)C.COC(=O)CNC(=O)CCCCN. The molecule has 4 N–H and O–H groups in total. The lowest BCUT2D eigenvalue weighted by molar-refractivity contribution is -0.141. The van der Waals surface area contributed by atoms with E-state index >= 15 is 0 Å². The molecule has 162 valence electrons. The maximum Gasteiger partial charge on any atom is 0.407 e. The number of esters is 1. The second-order valence-electron chi connectivity index (χ2n) is 6.38. The molecule has 0 fully saturated rings. The van der Waals surface area contributed by atoms with Crippen molar-refractivity contribution in [3.05, 3.63) is 0 Å². The monoisotopic (exact) mass is 391 g/mol. The first-order valence-electron chi connectivity index (χ1n) is 9.66. The first-order valence-corrected chi connectivity index (χ1v) is 9.66. The summed E-state index contributed by atoms with van der Waals surface area (Å²) in [5.41, 5.74) is 4.86. The summed E-state index contributed by atoms with van der Waals surface area (Å²) in [4.78, 5) is 32.6. The molecule has 0 heterocycles. The van der Waals surface area contributed by atoms with Crippen molar-refractivity contribution in [2.75, 3.05) is 26.7 Å². The average Bonchev–Trinajstić information content (AvgIpc) is 2.61. The Bertz CT molecular complexity index is 382. The summed E-state index contributed by atoms with van der Waals surface area (Å²) in [6, 6.07) is 0. The van der Waals surface area contributed by atoms with Gasteiger partial charge in [0.15, 0.2) is 0 Å². The third kappa shape index (κ3) is 29.2. The summed E-state index contributed by atoms with van der Waals surface area (Å²) in [7, 11) is 1.28. The van der Waals surface area contributed by atoms with Gasteiger partial charge in [0.2, 0.25) is 5.91 Å². The largest absolute Gasteiger partial charge is 0.468 e. The molecule has 8 heteroatoms. The summed E-state index contributed by atoms with van der Waals surface area (Å²) in [5, 5.41) is 5.12. The summed E-state index contributed by atoms with van der Waals surface area (Å²) in [6.07, 6.45) is 3.74. The summed E-state index contributed by atoms with van der Waals surface area (Å²) >= 11 is 0. The van der Waals surface area contributed by atoms with Crippen LogP contribution in [0.5, 0.6) is 0 Å². The zero-order valence-corrected chi connectivity index (χ0v) is 18.3. The number of carbonyl (C=O) groups excluding carboxylic acids is 3. The minimum atomic E-state index is -0.438. The second-order valence-corrected chi connectivity index (χ2v) is 6.38. The second kappa shape index (κ2) is 20.5. The topological polar surface area (TPSA) is 120 Å². The smallest absolute Gasteiger partial charge is 0.407 e. The number of nitrogens with one attached hydrogen (secondary N) is 2. The van der Waals surface area contributed by atoms with Gasteiger partial charge in [-0.2, -0.15) is 0 Å². The van der Waals surface area contributed by atoms with E-state index in [4.69, 9.17) is 10.5 Å². The molecular formula is C19H41N3O5. The predicted molar refractivity (Wildman–Crippen MR) is 108 cm³/mol. The van der Waals surface area contributed by atoms with Crippen molar-refractivity contribution in [2.45, 2.75) is 79.2 Å². The van der Waals surface area contributed by atoms with Crippen molar-refractivity contribution in [1.82, 2.24) is 10.6 Å². The molecule has 0 aromatic carbocycles. The van der Waals surface area contributed by atoms with Gasteiger partial charge in [-0.25, -0.2) is 4.79 Å². The molecule has 0 saturated carbocycles. The maximum atomic E-state index is 11.0. The van der Waals surface area contributed by atoms with Gasteiger partial charge in [0.05, 0.1) is 7.11 Å². The van der Waals surface area contributed by atoms with E-state index in [1.54, 1.807) is 0 Å². The van der Waals surface area contributed by atoms with Gasteiger partial charge in [-0.1, -0.05) is 27.2 Å². The van der Waals surface area contributed by atoms with Gasteiger partial charge in [-0.15, -0.1) is 0 Å². The van der Waals surface area contributed by atoms with Crippen LogP contribution in [0.15, 0.2) is 0 Å². The Hall–Kier alpha value is -1.83. The Morgan fingerprint density at radius 2 is 1.59 bits per heavy atom. The number of ether oxygens (including phenoxy) is 2. The van der Waals surface area contributed by atoms with Crippen LogP contribution in [0.2, 0.25) is 0 Å². The number of carbonyl (C=O) groups is 3. The Kier molecular flexibility index (Phi) is 22.7. The van der Waals surface area contributed by atoms with Gasteiger partial charge in [0, 0.05) is 13.0 Å². The minimum Gasteiger partial charge on any atom is -0.468 e. The predicted octanol–water partition coefficient (Wildman–Crippen LogP) is 2.74. The van der Waals surface area contributed by atoms with Crippen LogP contribution in [0.1, 0.15) is 73.6 Å². The summed E-state index contributed by atoms with van der Waals surface area (Å²) < 4.78 is 9.39. The Morgan fingerprint density at radius 3 is 2.04 bits per heavy atom. The van der Waals surface area contributed by atoms with Crippen LogP contribution < -0.4 is 16.4 Å². The lowest BCUT2D eigenvalue weighted by atomic mass is 10.2. The van der Waals surface area contributed by atoms with E-state index < -0.39 is 11.6 Å². The van der Waals surface area contributed by atoms with Crippen LogP contribution in [0, 0.1) is 0 Å². The quantitative estimate of drug-likeness (QED) is 0.411. The van der Waals surface area contributed by atoms with E-state index in [1.165, 1.54) is 7.11 Å². The molecule has 0 spiro atoms. The molecule has 0 aliphatic rings. The van der Waals surface area contributed by atoms with Gasteiger partial charge in [-0.3, -0.25) is 9.59 Å². The molecule has 0 aliphatic heterocycles. The summed E-state index contributed by atoms with van der Waals surface area (Å²) in [5.74, 6) is -0.578. The van der Waals surface area contributed by atoms with E-state index in [-0.39, 0.29) is 18.5 Å². The first kappa shape index (κ1) is 29.9. The highest BCUT2D eigenvalue weighted by atomic mass is 16.6. The van der Waals surface area contributed by atoms with Gasteiger partial charge in [0.1, 0.15) is 12.1 Å². The maximum absolute atomic E-state index is 11.0. The fourth-order valence-corrected chi connectivity index (χ4v) is 1.44. The number of amides is 2. The van der Waals surface area contributed by atoms with E-state index in [9.17, 15) is 14.4 Å². The van der Waals surface area contributed by atoms with Crippen molar-refractivity contribution in [1.29, 1.82) is 0 Å². The molecule has 0 aromatic rings. The number of nitrogens with two attached hydrogens (primary N) is 1. The molecule has 0 rings (SSSR count). The van der Waals surface area contributed by atoms with Crippen LogP contribution in [0.3, 0.4) is 0 Å². The lowest BCUT2D eigenvalue weighted by Gasteiger charge is -2.19. The van der Waals surface area contributed by atoms with E-state index in [1.807, 2.05) is 34.6 Å². The molecule has 0 aromatic heterocycles. The number of hydrogen-bond acceptors (Lipinski definition) is 6. The molecular weight excluding hydrogens is 350 g/mol. The normalized spacial score (nSPS) is 9.63. The van der Waals surface area contributed by atoms with E-state index in [2.05, 4.69) is 22.3 Å². The van der Waals surface area contributed by atoms with Crippen LogP contribution in [0.25, 0.3) is 0 Å². The number of alkyl carbamates (subject to hydrolysis) is 1. The minimum absolute atomic E-state index is 0.0576. The van der Waals surface area contributed by atoms with Crippen molar-refractivity contribution < 1.29 is 23.9 Å². The van der Waals surface area contributed by atoms with Crippen molar-refractivity contribution in [2.24, 2.45) is 5.73 Å². The van der Waals surface area contributed by atoms with E-state index in [0.717, 1.165) is 25.7 Å². The molecule has 8 nitrogen and oxygen atoms in total. The zero-order chi connectivity index (χ0) is 21.7. The molecule has 0 saturated heterocycles. The van der Waals surface area contributed by atoms with E-state index in [0.29, 0.717) is 19.5 Å². The van der Waals surface area contributed by atoms with Crippen molar-refractivity contribution in [3.8, 4) is 0 Å². The van der Waals surface area contributed by atoms with Gasteiger partial charge < -0.3 is 25.8 Å².